The molecule has 0 saturated carbocycles. The van der Waals surface area contributed by atoms with Gasteiger partial charge >= 0.3 is 6.18 Å². The molecule has 0 unspecified atom stereocenters. The normalized spacial score (nSPS) is 18.3. The summed E-state index contributed by atoms with van der Waals surface area (Å²) in [7, 11) is -2.35. The van der Waals surface area contributed by atoms with E-state index in [1.165, 1.54) is 17.8 Å². The number of anilines is 1. The van der Waals surface area contributed by atoms with Crippen molar-refractivity contribution in [3.8, 4) is 0 Å². The minimum atomic E-state index is -4.91. The second-order valence-electron chi connectivity index (χ2n) is 6.64. The molecule has 2 N–H and O–H groups in total. The Labute approximate surface area is 166 Å². The number of hydrogen-bond donors (Lipinski definition) is 2. The zero-order valence-corrected chi connectivity index (χ0v) is 15.7. The highest BCUT2D eigenvalue weighted by Crippen LogP contribution is 2.33. The van der Waals surface area contributed by atoms with Crippen LogP contribution in [0.2, 0.25) is 0 Å². The first-order valence-corrected chi connectivity index (χ1v) is 9.77. The number of halogens is 4. The first kappa shape index (κ1) is 22.9. The number of nitrogens with one attached hydrogen (secondary N) is 2. The number of alkyl halides is 3. The number of aryl methyl sites for hydroxylation is 1. The molecular formula is C18H21F4N3O3S. The minimum absolute atomic E-state index is 0. The summed E-state index contributed by atoms with van der Waals surface area (Å²) in [5.41, 5.74) is -1.45. The molecule has 0 saturated heterocycles. The standard InChI is InChI=1S/C17H17F4N3O3S.CH4/c1-9-3-5-11-14(28(26,27)23-9)8-24(2)15(11)16(25)22-10-4-6-13(18)12(7-10)17(19,20)21;/h4,6-9,23H,3,5H2,1-2H3,(H,22,25);1H4/t9-;/m0./s1. The lowest BCUT2D eigenvalue weighted by atomic mass is 10.1. The number of nitrogens with zero attached hydrogens (tertiary/aromatic N) is 1. The molecule has 2 heterocycles. The number of benzene rings is 1. The van der Waals surface area contributed by atoms with Gasteiger partial charge in [0.2, 0.25) is 10.0 Å². The van der Waals surface area contributed by atoms with E-state index >= 15 is 0 Å². The molecule has 1 aromatic carbocycles. The summed E-state index contributed by atoms with van der Waals surface area (Å²) >= 11 is 0. The van der Waals surface area contributed by atoms with E-state index in [0.29, 0.717) is 25.0 Å². The molecular weight excluding hydrogens is 414 g/mol. The maximum absolute atomic E-state index is 13.4. The van der Waals surface area contributed by atoms with E-state index in [0.717, 1.165) is 6.07 Å². The number of aromatic nitrogens is 1. The van der Waals surface area contributed by atoms with Crippen molar-refractivity contribution in [3.63, 3.8) is 0 Å². The lowest BCUT2D eigenvalue weighted by molar-refractivity contribution is -0.139. The van der Waals surface area contributed by atoms with Crippen molar-refractivity contribution in [1.29, 1.82) is 0 Å². The average molecular weight is 435 g/mol. The molecule has 160 valence electrons. The Morgan fingerprint density at radius 3 is 2.59 bits per heavy atom. The average Bonchev–Trinajstić information content (AvgIpc) is 2.85. The van der Waals surface area contributed by atoms with E-state index in [-0.39, 0.29) is 35.3 Å². The van der Waals surface area contributed by atoms with E-state index in [2.05, 4.69) is 10.0 Å². The number of carbonyl (C=O) groups is 1. The van der Waals surface area contributed by atoms with Crippen molar-refractivity contribution in [2.75, 3.05) is 5.32 Å². The van der Waals surface area contributed by atoms with E-state index in [9.17, 15) is 30.8 Å². The number of carbonyl (C=O) groups excluding carboxylic acids is 1. The van der Waals surface area contributed by atoms with Crippen LogP contribution >= 0.6 is 0 Å². The Hall–Kier alpha value is -2.40. The van der Waals surface area contributed by atoms with Crippen LogP contribution in [0.4, 0.5) is 23.2 Å². The molecule has 2 aromatic rings. The van der Waals surface area contributed by atoms with Crippen LogP contribution in [0.25, 0.3) is 0 Å². The van der Waals surface area contributed by atoms with Gasteiger partial charge < -0.3 is 9.88 Å². The highest BCUT2D eigenvalue weighted by Gasteiger charge is 2.35. The first-order chi connectivity index (χ1) is 12.9. The Balaban J connectivity index is 0.00000300. The maximum atomic E-state index is 13.4. The maximum Gasteiger partial charge on any atom is 0.419 e. The molecule has 3 rings (SSSR count). The number of sulfonamides is 1. The SMILES string of the molecule is C.C[C@H]1CCc2c(cn(C)c2C(=O)Nc2ccc(F)c(C(F)(F)F)c2)S(=O)(=O)N1. The van der Waals surface area contributed by atoms with Gasteiger partial charge in [0.05, 0.1) is 5.56 Å². The fraction of sp³-hybridized carbons (Fsp3) is 0.389. The quantitative estimate of drug-likeness (QED) is 0.707. The van der Waals surface area contributed by atoms with Crippen LogP contribution in [-0.2, 0) is 29.7 Å². The zero-order chi connectivity index (χ0) is 20.9. The van der Waals surface area contributed by atoms with Crippen LogP contribution in [0.1, 0.15) is 42.4 Å². The molecule has 1 aliphatic rings. The second-order valence-corrected chi connectivity index (χ2v) is 8.32. The minimum Gasteiger partial charge on any atom is -0.345 e. The third kappa shape index (κ3) is 4.45. The van der Waals surface area contributed by atoms with E-state index in [4.69, 9.17) is 0 Å². The molecule has 6 nitrogen and oxygen atoms in total. The van der Waals surface area contributed by atoms with E-state index in [1.807, 2.05) is 0 Å². The monoisotopic (exact) mass is 435 g/mol. The highest BCUT2D eigenvalue weighted by atomic mass is 32.2. The number of rotatable bonds is 2. The van der Waals surface area contributed by atoms with E-state index in [1.54, 1.807) is 6.92 Å². The van der Waals surface area contributed by atoms with Crippen LogP contribution in [0.15, 0.2) is 29.3 Å². The van der Waals surface area contributed by atoms with Gasteiger partial charge in [-0.2, -0.15) is 13.2 Å². The molecule has 0 radical (unpaired) electrons. The van der Waals surface area contributed by atoms with Gasteiger partial charge in [-0.1, -0.05) is 7.43 Å². The molecule has 0 spiro atoms. The Kier molecular flexibility index (Phi) is 6.15. The van der Waals surface area contributed by atoms with Crippen molar-refractivity contribution >= 4 is 21.6 Å². The van der Waals surface area contributed by atoms with Crippen molar-refractivity contribution in [2.24, 2.45) is 7.05 Å². The molecule has 1 aliphatic heterocycles. The van der Waals surface area contributed by atoms with Gasteiger partial charge in [-0.25, -0.2) is 17.5 Å². The highest BCUT2D eigenvalue weighted by molar-refractivity contribution is 7.89. The van der Waals surface area contributed by atoms with Gasteiger partial charge in [0.15, 0.2) is 0 Å². The van der Waals surface area contributed by atoms with Crippen molar-refractivity contribution in [2.45, 2.75) is 44.3 Å². The summed E-state index contributed by atoms with van der Waals surface area (Å²) in [5.74, 6) is -2.24. The largest absolute Gasteiger partial charge is 0.419 e. The predicted molar refractivity (Wildman–Crippen MR) is 99.6 cm³/mol. The van der Waals surface area contributed by atoms with Gasteiger partial charge in [0.25, 0.3) is 5.91 Å². The topological polar surface area (TPSA) is 80.2 Å². The summed E-state index contributed by atoms with van der Waals surface area (Å²) in [6.45, 7) is 1.69. The summed E-state index contributed by atoms with van der Waals surface area (Å²) in [4.78, 5) is 12.7. The lowest BCUT2D eigenvalue weighted by Crippen LogP contribution is -2.30. The van der Waals surface area contributed by atoms with Gasteiger partial charge in [0.1, 0.15) is 16.4 Å². The number of hydrogen-bond acceptors (Lipinski definition) is 3. The molecule has 0 aliphatic carbocycles. The van der Waals surface area contributed by atoms with Crippen LogP contribution in [-0.4, -0.2) is 24.9 Å². The van der Waals surface area contributed by atoms with Crippen LogP contribution < -0.4 is 10.0 Å². The predicted octanol–water partition coefficient (Wildman–Crippen LogP) is 3.68. The molecule has 29 heavy (non-hydrogen) atoms. The fourth-order valence-corrected chi connectivity index (χ4v) is 4.77. The van der Waals surface area contributed by atoms with Crippen LogP contribution in [0.5, 0.6) is 0 Å². The van der Waals surface area contributed by atoms with E-state index < -0.39 is 33.5 Å². The second kappa shape index (κ2) is 7.79. The number of fused-ring (bicyclic) bond motifs is 1. The van der Waals surface area contributed by atoms with Crippen molar-refractivity contribution < 1.29 is 30.8 Å². The van der Waals surface area contributed by atoms with Gasteiger partial charge in [-0.15, -0.1) is 0 Å². The summed E-state index contributed by atoms with van der Waals surface area (Å²) < 4.78 is 80.7. The first-order valence-electron chi connectivity index (χ1n) is 8.29. The number of amides is 1. The van der Waals surface area contributed by atoms with Crippen LogP contribution in [0, 0.1) is 5.82 Å². The fourth-order valence-electron chi connectivity index (χ4n) is 3.18. The van der Waals surface area contributed by atoms with Gasteiger partial charge in [0, 0.05) is 30.5 Å². The third-order valence-electron chi connectivity index (χ3n) is 4.46. The Morgan fingerprint density at radius 2 is 1.97 bits per heavy atom. The Bertz CT molecular complexity index is 1050. The summed E-state index contributed by atoms with van der Waals surface area (Å²) in [6, 6.07) is 1.78. The molecule has 1 amide bonds. The summed E-state index contributed by atoms with van der Waals surface area (Å²) in [5, 5.41) is 2.29. The van der Waals surface area contributed by atoms with Crippen molar-refractivity contribution in [3.05, 3.63) is 47.0 Å². The Morgan fingerprint density at radius 1 is 1.31 bits per heavy atom. The van der Waals surface area contributed by atoms with Gasteiger partial charge in [-0.3, -0.25) is 4.79 Å². The van der Waals surface area contributed by atoms with Crippen molar-refractivity contribution in [1.82, 2.24) is 9.29 Å². The smallest absolute Gasteiger partial charge is 0.345 e. The zero-order valence-electron chi connectivity index (χ0n) is 14.9. The molecule has 1 atom stereocenters. The lowest BCUT2D eigenvalue weighted by Gasteiger charge is -2.12. The molecule has 1 aromatic heterocycles. The summed E-state index contributed by atoms with van der Waals surface area (Å²) in [6.07, 6.45) is -2.88. The van der Waals surface area contributed by atoms with Crippen LogP contribution in [0.3, 0.4) is 0 Å². The third-order valence-corrected chi connectivity index (χ3v) is 6.11. The molecule has 11 heteroatoms. The molecule has 0 fully saturated rings. The molecule has 0 bridgehead atoms. The van der Waals surface area contributed by atoms with Gasteiger partial charge in [-0.05, 0) is 38.0 Å².